The Kier molecular flexibility index (Phi) is 9.13. The zero-order chi connectivity index (χ0) is 10.8. The molecule has 0 radical (unpaired) electrons. The lowest BCUT2D eigenvalue weighted by atomic mass is 9.77. The van der Waals surface area contributed by atoms with Crippen molar-refractivity contribution in [2.75, 3.05) is 0 Å². The van der Waals surface area contributed by atoms with E-state index in [0.717, 1.165) is 11.8 Å². The Labute approximate surface area is 90.8 Å². The molecule has 14 heavy (non-hydrogen) atoms. The SMILES string of the molecule is C=CC1CCCCC1CCCC.CC. The van der Waals surface area contributed by atoms with Crippen LogP contribution in [0, 0.1) is 11.8 Å². The summed E-state index contributed by atoms with van der Waals surface area (Å²) < 4.78 is 0. The second kappa shape index (κ2) is 9.30. The largest absolute Gasteiger partial charge is 0.103 e. The molecule has 0 aromatic rings. The second-order valence-corrected chi connectivity index (χ2v) is 4.09. The van der Waals surface area contributed by atoms with Crippen molar-refractivity contribution in [1.29, 1.82) is 0 Å². The van der Waals surface area contributed by atoms with Gasteiger partial charge in [0.1, 0.15) is 0 Å². The molecular formula is C14H28. The minimum atomic E-state index is 0.838. The first-order valence-corrected chi connectivity index (χ1v) is 6.51. The van der Waals surface area contributed by atoms with Gasteiger partial charge in [-0.2, -0.15) is 0 Å². The lowest BCUT2D eigenvalue weighted by molar-refractivity contribution is 0.263. The van der Waals surface area contributed by atoms with E-state index in [9.17, 15) is 0 Å². The highest BCUT2D eigenvalue weighted by Gasteiger charge is 2.21. The van der Waals surface area contributed by atoms with Crippen molar-refractivity contribution in [3.8, 4) is 0 Å². The van der Waals surface area contributed by atoms with E-state index in [1.54, 1.807) is 0 Å². The van der Waals surface area contributed by atoms with Crippen molar-refractivity contribution in [3.05, 3.63) is 12.7 Å². The van der Waals surface area contributed by atoms with Gasteiger partial charge in [-0.3, -0.25) is 0 Å². The van der Waals surface area contributed by atoms with Crippen molar-refractivity contribution >= 4 is 0 Å². The van der Waals surface area contributed by atoms with Crippen LogP contribution < -0.4 is 0 Å². The van der Waals surface area contributed by atoms with E-state index in [-0.39, 0.29) is 0 Å². The van der Waals surface area contributed by atoms with E-state index in [1.165, 1.54) is 44.9 Å². The average Bonchev–Trinajstić information content (AvgIpc) is 2.29. The van der Waals surface area contributed by atoms with Crippen LogP contribution in [0.5, 0.6) is 0 Å². The molecule has 84 valence electrons. The van der Waals surface area contributed by atoms with Gasteiger partial charge in [0.15, 0.2) is 0 Å². The molecule has 0 heteroatoms. The first-order valence-electron chi connectivity index (χ1n) is 6.51. The molecule has 2 unspecified atom stereocenters. The van der Waals surface area contributed by atoms with Crippen LogP contribution in [0.2, 0.25) is 0 Å². The van der Waals surface area contributed by atoms with Gasteiger partial charge in [-0.15, -0.1) is 6.58 Å². The highest BCUT2D eigenvalue weighted by atomic mass is 14.3. The molecule has 0 aliphatic heterocycles. The first kappa shape index (κ1) is 13.7. The minimum absolute atomic E-state index is 0.838. The number of hydrogen-bond acceptors (Lipinski definition) is 0. The fraction of sp³-hybridized carbons (Fsp3) is 0.857. The maximum Gasteiger partial charge on any atom is -0.0208 e. The normalized spacial score (nSPS) is 26.2. The Morgan fingerprint density at radius 2 is 1.86 bits per heavy atom. The van der Waals surface area contributed by atoms with Gasteiger partial charge in [-0.1, -0.05) is 52.5 Å². The molecule has 2 atom stereocenters. The van der Waals surface area contributed by atoms with Crippen molar-refractivity contribution in [2.24, 2.45) is 11.8 Å². The molecule has 0 spiro atoms. The van der Waals surface area contributed by atoms with Crippen LogP contribution in [0.15, 0.2) is 12.7 Å². The summed E-state index contributed by atoms with van der Waals surface area (Å²) in [7, 11) is 0. The Morgan fingerprint density at radius 3 is 2.43 bits per heavy atom. The van der Waals surface area contributed by atoms with E-state index >= 15 is 0 Å². The third-order valence-corrected chi connectivity index (χ3v) is 3.20. The Morgan fingerprint density at radius 1 is 1.21 bits per heavy atom. The summed E-state index contributed by atoms with van der Waals surface area (Å²) in [6, 6.07) is 0. The third-order valence-electron chi connectivity index (χ3n) is 3.20. The second-order valence-electron chi connectivity index (χ2n) is 4.09. The number of unbranched alkanes of at least 4 members (excludes halogenated alkanes) is 1. The third kappa shape index (κ3) is 4.83. The van der Waals surface area contributed by atoms with E-state index in [2.05, 4.69) is 19.6 Å². The van der Waals surface area contributed by atoms with E-state index < -0.39 is 0 Å². The predicted molar refractivity (Wildman–Crippen MR) is 66.5 cm³/mol. The molecule has 0 amide bonds. The molecule has 0 heterocycles. The average molecular weight is 196 g/mol. The zero-order valence-electron chi connectivity index (χ0n) is 10.4. The van der Waals surface area contributed by atoms with Gasteiger partial charge in [0.05, 0.1) is 0 Å². The summed E-state index contributed by atoms with van der Waals surface area (Å²) in [5.74, 6) is 1.81. The molecule has 0 N–H and O–H groups in total. The van der Waals surface area contributed by atoms with Gasteiger partial charge in [0.25, 0.3) is 0 Å². The molecule has 0 aromatic heterocycles. The fourth-order valence-electron chi connectivity index (χ4n) is 2.37. The molecule has 0 bridgehead atoms. The van der Waals surface area contributed by atoms with E-state index in [1.807, 2.05) is 13.8 Å². The molecule has 1 rings (SSSR count). The van der Waals surface area contributed by atoms with Crippen molar-refractivity contribution < 1.29 is 0 Å². The van der Waals surface area contributed by atoms with Crippen LogP contribution in [0.4, 0.5) is 0 Å². The van der Waals surface area contributed by atoms with Gasteiger partial charge < -0.3 is 0 Å². The van der Waals surface area contributed by atoms with Crippen molar-refractivity contribution in [2.45, 2.75) is 65.7 Å². The van der Waals surface area contributed by atoms with Crippen LogP contribution in [0.3, 0.4) is 0 Å². The van der Waals surface area contributed by atoms with E-state index in [4.69, 9.17) is 0 Å². The number of allylic oxidation sites excluding steroid dienone is 1. The lowest BCUT2D eigenvalue weighted by Crippen LogP contribution is -2.17. The number of rotatable bonds is 4. The summed E-state index contributed by atoms with van der Waals surface area (Å²) in [5.41, 5.74) is 0. The number of hydrogen-bond donors (Lipinski definition) is 0. The Balaban J connectivity index is 0.000000791. The van der Waals surface area contributed by atoms with Gasteiger partial charge in [-0.25, -0.2) is 0 Å². The fourth-order valence-corrected chi connectivity index (χ4v) is 2.37. The standard InChI is InChI=1S/C12H22.C2H6/c1-3-5-8-12-10-7-6-9-11(12)4-2;1-2/h4,11-12H,2-3,5-10H2,1H3;1-2H3. The maximum absolute atomic E-state index is 3.94. The quantitative estimate of drug-likeness (QED) is 0.542. The molecule has 0 aromatic carbocycles. The van der Waals surface area contributed by atoms with Crippen molar-refractivity contribution in [3.63, 3.8) is 0 Å². The molecule has 1 fully saturated rings. The van der Waals surface area contributed by atoms with Gasteiger partial charge in [-0.05, 0) is 31.1 Å². The summed E-state index contributed by atoms with van der Waals surface area (Å²) in [4.78, 5) is 0. The zero-order valence-corrected chi connectivity index (χ0v) is 10.4. The van der Waals surface area contributed by atoms with Crippen LogP contribution in [-0.4, -0.2) is 0 Å². The van der Waals surface area contributed by atoms with Gasteiger partial charge >= 0.3 is 0 Å². The Bertz CT molecular complexity index is 126. The first-order chi connectivity index (χ1) is 6.88. The minimum Gasteiger partial charge on any atom is -0.103 e. The highest BCUT2D eigenvalue weighted by molar-refractivity contribution is 4.87. The van der Waals surface area contributed by atoms with Gasteiger partial charge in [0.2, 0.25) is 0 Å². The smallest absolute Gasteiger partial charge is 0.0208 e. The molecule has 1 aliphatic carbocycles. The monoisotopic (exact) mass is 196 g/mol. The van der Waals surface area contributed by atoms with Crippen LogP contribution in [-0.2, 0) is 0 Å². The molecule has 1 aliphatic rings. The highest BCUT2D eigenvalue weighted by Crippen LogP contribution is 2.33. The van der Waals surface area contributed by atoms with Crippen LogP contribution in [0.25, 0.3) is 0 Å². The topological polar surface area (TPSA) is 0 Å². The molecule has 0 saturated heterocycles. The van der Waals surface area contributed by atoms with Gasteiger partial charge in [0, 0.05) is 0 Å². The Hall–Kier alpha value is -0.260. The van der Waals surface area contributed by atoms with Crippen LogP contribution >= 0.6 is 0 Å². The summed E-state index contributed by atoms with van der Waals surface area (Å²) in [6.07, 6.45) is 12.1. The summed E-state index contributed by atoms with van der Waals surface area (Å²) >= 11 is 0. The molecular weight excluding hydrogens is 168 g/mol. The molecule has 1 saturated carbocycles. The molecule has 0 nitrogen and oxygen atoms in total. The summed E-state index contributed by atoms with van der Waals surface area (Å²) in [6.45, 7) is 10.2. The van der Waals surface area contributed by atoms with E-state index in [0.29, 0.717) is 0 Å². The van der Waals surface area contributed by atoms with Crippen LogP contribution in [0.1, 0.15) is 65.7 Å². The summed E-state index contributed by atoms with van der Waals surface area (Å²) in [5, 5.41) is 0. The predicted octanol–water partition coefficient (Wildman–Crippen LogP) is 5.20. The maximum atomic E-state index is 3.94. The lowest BCUT2D eigenvalue weighted by Gasteiger charge is -2.29. The van der Waals surface area contributed by atoms with Crippen molar-refractivity contribution in [1.82, 2.24) is 0 Å².